The van der Waals surface area contributed by atoms with Gasteiger partial charge in [0.25, 0.3) is 5.56 Å². The summed E-state index contributed by atoms with van der Waals surface area (Å²) in [6.07, 6.45) is 1.43. The highest BCUT2D eigenvalue weighted by Gasteiger charge is 2.15. The van der Waals surface area contributed by atoms with Crippen molar-refractivity contribution in [3.8, 4) is 5.69 Å². The minimum atomic E-state index is -0.445. The van der Waals surface area contributed by atoms with Crippen LogP contribution < -0.4 is 16.2 Å². The molecule has 2 N–H and O–H groups in total. The molecule has 23 heavy (non-hydrogen) atoms. The molecule has 7 heteroatoms. The SMILES string of the molecule is CC(C)(C)NC(=O)CNc1cnn(-c2ccccc2)c(=O)c1Cl. The van der Waals surface area contributed by atoms with Crippen molar-refractivity contribution in [2.45, 2.75) is 26.3 Å². The number of anilines is 1. The van der Waals surface area contributed by atoms with Crippen LogP contribution in [0.4, 0.5) is 5.69 Å². The third-order valence-corrected chi connectivity index (χ3v) is 3.24. The molecule has 1 aromatic carbocycles. The summed E-state index contributed by atoms with van der Waals surface area (Å²) in [5, 5.41) is 9.73. The van der Waals surface area contributed by atoms with Gasteiger partial charge in [0.2, 0.25) is 5.91 Å². The van der Waals surface area contributed by atoms with Crippen LogP contribution in [0.25, 0.3) is 5.69 Å². The second-order valence-electron chi connectivity index (χ2n) is 6.08. The van der Waals surface area contributed by atoms with E-state index in [-0.39, 0.29) is 23.0 Å². The molecule has 122 valence electrons. The van der Waals surface area contributed by atoms with E-state index in [4.69, 9.17) is 11.6 Å². The molecule has 0 aliphatic heterocycles. The minimum Gasteiger partial charge on any atom is -0.373 e. The number of hydrogen-bond donors (Lipinski definition) is 2. The Morgan fingerprint density at radius 1 is 1.26 bits per heavy atom. The van der Waals surface area contributed by atoms with Crippen LogP contribution in [-0.2, 0) is 4.79 Å². The molecule has 2 aromatic rings. The Kier molecular flexibility index (Phi) is 5.05. The Hall–Kier alpha value is -2.34. The zero-order valence-corrected chi connectivity index (χ0v) is 14.0. The van der Waals surface area contributed by atoms with Crippen molar-refractivity contribution in [2.24, 2.45) is 0 Å². The third kappa shape index (κ3) is 4.56. The maximum absolute atomic E-state index is 12.3. The third-order valence-electron chi connectivity index (χ3n) is 2.87. The first-order chi connectivity index (χ1) is 10.8. The number of carbonyl (C=O) groups is 1. The van der Waals surface area contributed by atoms with Gasteiger partial charge in [-0.3, -0.25) is 9.59 Å². The Labute approximate surface area is 139 Å². The lowest BCUT2D eigenvalue weighted by molar-refractivity contribution is -0.120. The molecule has 0 fully saturated rings. The highest BCUT2D eigenvalue weighted by atomic mass is 35.5. The number of hydrogen-bond acceptors (Lipinski definition) is 4. The van der Waals surface area contributed by atoms with E-state index in [1.807, 2.05) is 26.8 Å². The molecule has 0 bridgehead atoms. The molecule has 0 unspecified atom stereocenters. The second kappa shape index (κ2) is 6.83. The van der Waals surface area contributed by atoms with Crippen LogP contribution in [0, 0.1) is 0 Å². The van der Waals surface area contributed by atoms with Crippen LogP contribution >= 0.6 is 11.6 Å². The van der Waals surface area contributed by atoms with Crippen molar-refractivity contribution in [2.75, 3.05) is 11.9 Å². The smallest absolute Gasteiger partial charge is 0.292 e. The molecule has 1 aromatic heterocycles. The maximum atomic E-state index is 12.3. The maximum Gasteiger partial charge on any atom is 0.292 e. The monoisotopic (exact) mass is 334 g/mol. The van der Waals surface area contributed by atoms with Crippen LogP contribution in [0.5, 0.6) is 0 Å². The molecule has 1 heterocycles. The molecule has 0 spiro atoms. The van der Waals surface area contributed by atoms with Gasteiger partial charge in [0.05, 0.1) is 24.1 Å². The van der Waals surface area contributed by atoms with Crippen molar-refractivity contribution in [3.63, 3.8) is 0 Å². The molecule has 0 radical (unpaired) electrons. The van der Waals surface area contributed by atoms with E-state index in [0.29, 0.717) is 11.4 Å². The minimum absolute atomic E-state index is 0.00703. The van der Waals surface area contributed by atoms with Crippen LogP contribution in [0.15, 0.2) is 41.3 Å². The summed E-state index contributed by atoms with van der Waals surface area (Å²) < 4.78 is 1.21. The number of benzene rings is 1. The average molecular weight is 335 g/mol. The molecule has 2 rings (SSSR count). The number of para-hydroxylation sites is 1. The van der Waals surface area contributed by atoms with E-state index in [1.165, 1.54) is 10.9 Å². The van der Waals surface area contributed by atoms with Crippen molar-refractivity contribution < 1.29 is 4.79 Å². The fraction of sp³-hybridized carbons (Fsp3) is 0.312. The summed E-state index contributed by atoms with van der Waals surface area (Å²) in [5.74, 6) is -0.194. The normalized spacial score (nSPS) is 11.1. The molecule has 0 atom stereocenters. The van der Waals surface area contributed by atoms with Gasteiger partial charge in [0, 0.05) is 5.54 Å². The molecular formula is C16H19ClN4O2. The quantitative estimate of drug-likeness (QED) is 0.899. The fourth-order valence-electron chi connectivity index (χ4n) is 1.95. The van der Waals surface area contributed by atoms with Gasteiger partial charge >= 0.3 is 0 Å². The van der Waals surface area contributed by atoms with Gasteiger partial charge < -0.3 is 10.6 Å². The number of aromatic nitrogens is 2. The van der Waals surface area contributed by atoms with Crippen molar-refractivity contribution >= 4 is 23.2 Å². The van der Waals surface area contributed by atoms with Gasteiger partial charge in [0.1, 0.15) is 5.02 Å². The lowest BCUT2D eigenvalue weighted by atomic mass is 10.1. The summed E-state index contributed by atoms with van der Waals surface area (Å²) in [6, 6.07) is 8.98. The fourth-order valence-corrected chi connectivity index (χ4v) is 2.14. The Bertz CT molecular complexity index is 751. The molecule has 0 aliphatic rings. The lowest BCUT2D eigenvalue weighted by Crippen LogP contribution is -2.43. The molecule has 0 saturated carbocycles. The Morgan fingerprint density at radius 3 is 2.52 bits per heavy atom. The number of carbonyl (C=O) groups excluding carboxylic acids is 1. The summed E-state index contributed by atoms with van der Waals surface area (Å²) in [6.45, 7) is 5.68. The molecule has 1 amide bonds. The van der Waals surface area contributed by atoms with Crippen molar-refractivity contribution in [3.05, 3.63) is 51.9 Å². The Morgan fingerprint density at radius 2 is 1.91 bits per heavy atom. The first kappa shape index (κ1) is 17.0. The van der Waals surface area contributed by atoms with Gasteiger partial charge in [-0.25, -0.2) is 0 Å². The van der Waals surface area contributed by atoms with Gasteiger partial charge in [0.15, 0.2) is 0 Å². The largest absolute Gasteiger partial charge is 0.373 e. The van der Waals surface area contributed by atoms with Crippen LogP contribution in [-0.4, -0.2) is 27.8 Å². The van der Waals surface area contributed by atoms with Gasteiger partial charge in [-0.1, -0.05) is 29.8 Å². The number of amides is 1. The lowest BCUT2D eigenvalue weighted by Gasteiger charge is -2.20. The summed E-state index contributed by atoms with van der Waals surface area (Å²) in [5.41, 5.74) is 0.181. The molecule has 6 nitrogen and oxygen atoms in total. The standard InChI is InChI=1S/C16H19ClN4O2/c1-16(2,3)20-13(22)10-18-12-9-19-21(15(23)14(12)17)11-7-5-4-6-8-11/h4-9,18H,10H2,1-3H3,(H,20,22). The molecular weight excluding hydrogens is 316 g/mol. The van der Waals surface area contributed by atoms with E-state index < -0.39 is 5.56 Å². The van der Waals surface area contributed by atoms with E-state index in [9.17, 15) is 9.59 Å². The van der Waals surface area contributed by atoms with Crippen LogP contribution in [0.1, 0.15) is 20.8 Å². The molecule has 0 aliphatic carbocycles. The van der Waals surface area contributed by atoms with Gasteiger partial charge in [-0.2, -0.15) is 9.78 Å². The highest BCUT2D eigenvalue weighted by molar-refractivity contribution is 6.33. The number of nitrogens with zero attached hydrogens (tertiary/aromatic N) is 2. The predicted molar refractivity (Wildman–Crippen MR) is 91.2 cm³/mol. The topological polar surface area (TPSA) is 76.0 Å². The summed E-state index contributed by atoms with van der Waals surface area (Å²) in [4.78, 5) is 24.1. The van der Waals surface area contributed by atoms with E-state index >= 15 is 0 Å². The highest BCUT2D eigenvalue weighted by Crippen LogP contribution is 2.16. The van der Waals surface area contributed by atoms with Crippen molar-refractivity contribution in [1.82, 2.24) is 15.1 Å². The molecule has 0 saturated heterocycles. The number of halogens is 1. The number of nitrogens with one attached hydrogen (secondary N) is 2. The summed E-state index contributed by atoms with van der Waals surface area (Å²) in [7, 11) is 0. The van der Waals surface area contributed by atoms with E-state index in [0.717, 1.165) is 0 Å². The van der Waals surface area contributed by atoms with Gasteiger partial charge in [-0.05, 0) is 32.9 Å². The van der Waals surface area contributed by atoms with E-state index in [1.54, 1.807) is 24.3 Å². The number of rotatable bonds is 4. The summed E-state index contributed by atoms with van der Waals surface area (Å²) >= 11 is 6.10. The first-order valence-electron chi connectivity index (χ1n) is 7.16. The average Bonchev–Trinajstić information content (AvgIpc) is 2.48. The van der Waals surface area contributed by atoms with Gasteiger partial charge in [-0.15, -0.1) is 0 Å². The van der Waals surface area contributed by atoms with Crippen LogP contribution in [0.3, 0.4) is 0 Å². The predicted octanol–water partition coefficient (Wildman–Crippen LogP) is 2.21. The van der Waals surface area contributed by atoms with Crippen LogP contribution in [0.2, 0.25) is 5.02 Å². The van der Waals surface area contributed by atoms with Crippen molar-refractivity contribution in [1.29, 1.82) is 0 Å². The van der Waals surface area contributed by atoms with E-state index in [2.05, 4.69) is 15.7 Å². The zero-order chi connectivity index (χ0) is 17.0. The second-order valence-corrected chi connectivity index (χ2v) is 6.45. The first-order valence-corrected chi connectivity index (χ1v) is 7.54. The zero-order valence-electron chi connectivity index (χ0n) is 13.3. The Balaban J connectivity index is 2.15.